The Hall–Kier alpha value is -1.34. The predicted molar refractivity (Wildman–Crippen MR) is 107 cm³/mol. The number of hydrogen-bond acceptors (Lipinski definition) is 0. The van der Waals surface area contributed by atoms with Crippen molar-refractivity contribution in [2.75, 3.05) is 0 Å². The van der Waals surface area contributed by atoms with Crippen LogP contribution in [-0.2, 0) is 0 Å². The summed E-state index contributed by atoms with van der Waals surface area (Å²) in [5, 5.41) is 3.38. The van der Waals surface area contributed by atoms with Crippen LogP contribution in [0.4, 0.5) is 0 Å². The second kappa shape index (κ2) is 5.88. The summed E-state index contributed by atoms with van der Waals surface area (Å²) in [6, 6.07) is 23.3. The number of fused-ring (bicyclic) bond motifs is 2. The van der Waals surface area contributed by atoms with Gasteiger partial charge in [0, 0.05) is 0 Å². The summed E-state index contributed by atoms with van der Waals surface area (Å²) in [5.74, 6) is 0.960. The second-order valence-electron chi connectivity index (χ2n) is 9.24. The fourth-order valence-corrected chi connectivity index (χ4v) is 13.5. The van der Waals surface area contributed by atoms with Gasteiger partial charge in [0.1, 0.15) is 8.07 Å². The van der Waals surface area contributed by atoms with Crippen LogP contribution in [0, 0.1) is 11.3 Å². The molecule has 0 N–H and O–H groups in total. The van der Waals surface area contributed by atoms with E-state index in [1.54, 1.807) is 10.4 Å². The van der Waals surface area contributed by atoms with Gasteiger partial charge in [0.05, 0.1) is 0 Å². The van der Waals surface area contributed by atoms with Crippen molar-refractivity contribution in [2.45, 2.75) is 57.5 Å². The van der Waals surface area contributed by atoms with Crippen LogP contribution >= 0.6 is 0 Å². The molecule has 2 aromatic carbocycles. The van der Waals surface area contributed by atoms with Crippen LogP contribution in [-0.4, -0.2) is 8.07 Å². The van der Waals surface area contributed by atoms with Crippen LogP contribution in [0.3, 0.4) is 0 Å². The third kappa shape index (κ3) is 2.49. The fraction of sp³-hybridized carbons (Fsp3) is 0.478. The minimum Gasteiger partial charge on any atom is -0.0626 e. The first-order valence-corrected chi connectivity index (χ1v) is 11.8. The summed E-state index contributed by atoms with van der Waals surface area (Å²) in [4.78, 5) is 0. The van der Waals surface area contributed by atoms with Gasteiger partial charge >= 0.3 is 0 Å². The van der Waals surface area contributed by atoms with E-state index in [1.165, 1.54) is 25.7 Å². The summed E-state index contributed by atoms with van der Waals surface area (Å²) < 4.78 is 0. The molecule has 0 nitrogen and oxygen atoms in total. The molecule has 0 radical (unpaired) electrons. The first kappa shape index (κ1) is 16.1. The largest absolute Gasteiger partial charge is 0.124 e. The molecule has 2 aliphatic rings. The standard InChI is InChI=1S/C23H30Si/c1-23(2,3)17-22-18-14-15-21(16-18)24(22,19-10-6-4-7-11-19)20-12-8-5-9-13-20/h4-13,18,21-22H,14-17H2,1-3H3/t18-,21+,22+/m0/s1. The van der Waals surface area contributed by atoms with Gasteiger partial charge in [-0.05, 0) is 35.3 Å². The summed E-state index contributed by atoms with van der Waals surface area (Å²) in [6.07, 6.45) is 5.79. The molecule has 0 amide bonds. The highest BCUT2D eigenvalue weighted by molar-refractivity contribution is 7.05. The van der Waals surface area contributed by atoms with Crippen molar-refractivity contribution < 1.29 is 0 Å². The monoisotopic (exact) mass is 334 g/mol. The third-order valence-electron chi connectivity index (χ3n) is 6.61. The predicted octanol–water partition coefficient (Wildman–Crippen LogP) is 5.24. The summed E-state index contributed by atoms with van der Waals surface area (Å²) in [6.45, 7) is 7.32. The zero-order valence-corrected chi connectivity index (χ0v) is 16.3. The highest BCUT2D eigenvalue weighted by atomic mass is 28.3. The van der Waals surface area contributed by atoms with E-state index in [1.807, 2.05) is 0 Å². The Kier molecular flexibility index (Phi) is 3.95. The number of hydrogen-bond donors (Lipinski definition) is 0. The van der Waals surface area contributed by atoms with Gasteiger partial charge in [-0.3, -0.25) is 0 Å². The first-order valence-electron chi connectivity index (χ1n) is 9.63. The summed E-state index contributed by atoms with van der Waals surface area (Å²) in [7, 11) is -1.70. The van der Waals surface area contributed by atoms with Crippen LogP contribution < -0.4 is 10.4 Å². The quantitative estimate of drug-likeness (QED) is 0.673. The minimum absolute atomic E-state index is 0.414. The molecule has 1 saturated carbocycles. The van der Waals surface area contributed by atoms with E-state index in [4.69, 9.17) is 0 Å². The highest BCUT2D eigenvalue weighted by Crippen LogP contribution is 2.62. The van der Waals surface area contributed by atoms with Gasteiger partial charge in [-0.15, -0.1) is 0 Å². The molecule has 4 rings (SSSR count). The van der Waals surface area contributed by atoms with E-state index < -0.39 is 8.07 Å². The van der Waals surface area contributed by atoms with Crippen molar-refractivity contribution >= 4 is 18.4 Å². The number of rotatable bonds is 3. The van der Waals surface area contributed by atoms with Gasteiger partial charge in [0.15, 0.2) is 0 Å². The van der Waals surface area contributed by atoms with Crippen molar-refractivity contribution in [3.8, 4) is 0 Å². The van der Waals surface area contributed by atoms with Crippen molar-refractivity contribution in [1.82, 2.24) is 0 Å². The van der Waals surface area contributed by atoms with Gasteiger partial charge < -0.3 is 0 Å². The third-order valence-corrected chi connectivity index (χ3v) is 12.8. The molecular weight excluding hydrogens is 304 g/mol. The molecule has 1 heterocycles. The Labute approximate surface area is 148 Å². The SMILES string of the molecule is CC(C)(C)C[C@@H]1[C@H]2CC[C@H](C2)[Si]1(c1ccccc1)c1ccccc1. The van der Waals surface area contributed by atoms with Crippen LogP contribution in [0.5, 0.6) is 0 Å². The maximum atomic E-state index is 2.45. The van der Waals surface area contributed by atoms with Crippen LogP contribution in [0.2, 0.25) is 11.1 Å². The average molecular weight is 335 g/mol. The van der Waals surface area contributed by atoms with Gasteiger partial charge in [0.2, 0.25) is 0 Å². The Morgan fingerprint density at radius 3 is 1.88 bits per heavy atom. The minimum atomic E-state index is -1.70. The first-order chi connectivity index (χ1) is 11.5. The van der Waals surface area contributed by atoms with Crippen molar-refractivity contribution in [1.29, 1.82) is 0 Å². The Balaban J connectivity index is 1.91. The molecule has 0 unspecified atom stereocenters. The van der Waals surface area contributed by atoms with E-state index in [9.17, 15) is 0 Å². The second-order valence-corrected chi connectivity index (χ2v) is 13.7. The molecule has 2 aromatic rings. The molecule has 3 atom stereocenters. The van der Waals surface area contributed by atoms with Crippen LogP contribution in [0.1, 0.15) is 46.5 Å². The molecule has 1 aliphatic heterocycles. The molecule has 2 fully saturated rings. The molecule has 1 heteroatoms. The number of benzene rings is 2. The summed E-state index contributed by atoms with van der Waals surface area (Å²) >= 11 is 0. The highest BCUT2D eigenvalue weighted by Gasteiger charge is 2.61. The lowest BCUT2D eigenvalue weighted by Crippen LogP contribution is -2.63. The molecular formula is C23H30Si. The molecule has 24 heavy (non-hydrogen) atoms. The Morgan fingerprint density at radius 2 is 1.38 bits per heavy atom. The zero-order chi connectivity index (χ0) is 16.8. The van der Waals surface area contributed by atoms with E-state index in [2.05, 4.69) is 81.4 Å². The zero-order valence-electron chi connectivity index (χ0n) is 15.3. The van der Waals surface area contributed by atoms with Crippen molar-refractivity contribution in [3.63, 3.8) is 0 Å². The lowest BCUT2D eigenvalue weighted by molar-refractivity contribution is 0.325. The lowest BCUT2D eigenvalue weighted by atomic mass is 9.86. The van der Waals surface area contributed by atoms with Crippen molar-refractivity contribution in [2.24, 2.45) is 11.3 Å². The lowest BCUT2D eigenvalue weighted by Gasteiger charge is -2.45. The van der Waals surface area contributed by atoms with Gasteiger partial charge in [0.25, 0.3) is 0 Å². The topological polar surface area (TPSA) is 0 Å². The normalized spacial score (nSPS) is 28.2. The van der Waals surface area contributed by atoms with E-state index in [0.29, 0.717) is 5.41 Å². The van der Waals surface area contributed by atoms with Gasteiger partial charge in [-0.1, -0.05) is 105 Å². The Morgan fingerprint density at radius 1 is 0.833 bits per heavy atom. The molecule has 1 aliphatic carbocycles. The van der Waals surface area contributed by atoms with Gasteiger partial charge in [-0.2, -0.15) is 0 Å². The van der Waals surface area contributed by atoms with Crippen LogP contribution in [0.25, 0.3) is 0 Å². The fourth-order valence-electron chi connectivity index (χ4n) is 5.95. The maximum Gasteiger partial charge on any atom is 0.124 e. The molecule has 0 spiro atoms. The molecule has 0 aromatic heterocycles. The molecule has 2 bridgehead atoms. The maximum absolute atomic E-state index is 2.45. The van der Waals surface area contributed by atoms with E-state index in [0.717, 1.165) is 17.0 Å². The average Bonchev–Trinajstić information content (AvgIpc) is 3.16. The van der Waals surface area contributed by atoms with Gasteiger partial charge in [-0.25, -0.2) is 0 Å². The smallest absolute Gasteiger partial charge is 0.0626 e. The van der Waals surface area contributed by atoms with E-state index >= 15 is 0 Å². The Bertz CT molecular complexity index is 643. The van der Waals surface area contributed by atoms with Crippen LogP contribution in [0.15, 0.2) is 60.7 Å². The molecule has 1 saturated heterocycles. The molecule has 126 valence electrons. The van der Waals surface area contributed by atoms with E-state index in [-0.39, 0.29) is 0 Å². The summed E-state index contributed by atoms with van der Waals surface area (Å²) in [5.41, 5.74) is 2.26. The van der Waals surface area contributed by atoms with Crippen molar-refractivity contribution in [3.05, 3.63) is 60.7 Å².